The quantitative estimate of drug-likeness (QED) is 0.544. The van der Waals surface area contributed by atoms with Crippen molar-refractivity contribution in [2.75, 3.05) is 0 Å². The Bertz CT molecular complexity index is 317. The molecule has 1 rings (SSSR count). The van der Waals surface area contributed by atoms with E-state index in [0.29, 0.717) is 11.5 Å². The average Bonchev–Trinajstić information content (AvgIpc) is 2.36. The minimum atomic E-state index is -0.270. The number of rotatable bonds is 4. The van der Waals surface area contributed by atoms with Crippen molar-refractivity contribution in [1.82, 2.24) is 0 Å². The molecule has 0 radical (unpaired) electrons. The van der Waals surface area contributed by atoms with Gasteiger partial charge in [0.05, 0.1) is 0 Å². The Hall–Kier alpha value is -0.790. The number of esters is 1. The second-order valence-electron chi connectivity index (χ2n) is 6.43. The molecule has 2 nitrogen and oxygen atoms in total. The van der Waals surface area contributed by atoms with Gasteiger partial charge in [0.25, 0.3) is 0 Å². The van der Waals surface area contributed by atoms with Crippen molar-refractivity contribution < 1.29 is 9.53 Å². The van der Waals surface area contributed by atoms with Crippen LogP contribution in [0.2, 0.25) is 0 Å². The van der Waals surface area contributed by atoms with Crippen LogP contribution < -0.4 is 0 Å². The highest BCUT2D eigenvalue weighted by Crippen LogP contribution is 2.51. The Kier molecular flexibility index (Phi) is 4.06. The molecule has 0 amide bonds. The predicted octanol–water partition coefficient (Wildman–Crippen LogP) is 4.10. The lowest BCUT2D eigenvalue weighted by Crippen LogP contribution is -2.38. The molecule has 0 aliphatic heterocycles. The van der Waals surface area contributed by atoms with Crippen molar-refractivity contribution in [2.24, 2.45) is 11.3 Å². The number of carbonyl (C=O) groups excluding carboxylic acids is 1. The first-order chi connectivity index (χ1) is 7.72. The molecule has 0 heterocycles. The van der Waals surface area contributed by atoms with Gasteiger partial charge in [-0.05, 0) is 37.5 Å². The molecule has 0 N–H and O–H groups in total. The van der Waals surface area contributed by atoms with Gasteiger partial charge in [0, 0.05) is 5.57 Å². The summed E-state index contributed by atoms with van der Waals surface area (Å²) in [6.07, 6.45) is 4.09. The molecule has 17 heavy (non-hydrogen) atoms. The zero-order valence-corrected chi connectivity index (χ0v) is 11.9. The van der Waals surface area contributed by atoms with E-state index in [1.165, 1.54) is 0 Å². The highest BCUT2D eigenvalue weighted by molar-refractivity contribution is 5.87. The van der Waals surface area contributed by atoms with Crippen molar-refractivity contribution in [3.05, 3.63) is 12.2 Å². The summed E-state index contributed by atoms with van der Waals surface area (Å²) in [6, 6.07) is 0. The van der Waals surface area contributed by atoms with Gasteiger partial charge in [0.1, 0.15) is 5.60 Å². The maximum absolute atomic E-state index is 11.8. The molecular weight excluding hydrogens is 212 g/mol. The van der Waals surface area contributed by atoms with E-state index < -0.39 is 0 Å². The van der Waals surface area contributed by atoms with Gasteiger partial charge in [-0.25, -0.2) is 4.79 Å². The van der Waals surface area contributed by atoms with Crippen LogP contribution in [0.5, 0.6) is 0 Å². The van der Waals surface area contributed by atoms with Gasteiger partial charge in [-0.15, -0.1) is 0 Å². The lowest BCUT2D eigenvalue weighted by molar-refractivity contribution is -0.160. The van der Waals surface area contributed by atoms with Gasteiger partial charge in [-0.2, -0.15) is 0 Å². The Morgan fingerprint density at radius 2 is 2.06 bits per heavy atom. The van der Waals surface area contributed by atoms with Crippen molar-refractivity contribution in [2.45, 2.75) is 65.9 Å². The van der Waals surface area contributed by atoms with E-state index in [1.54, 1.807) is 6.92 Å². The second-order valence-corrected chi connectivity index (χ2v) is 6.43. The normalized spacial score (nSPS) is 31.2. The lowest BCUT2D eigenvalue weighted by Gasteiger charge is -2.34. The molecular formula is C15H26O2. The zero-order valence-electron chi connectivity index (χ0n) is 11.9. The summed E-state index contributed by atoms with van der Waals surface area (Å²) in [7, 11) is 0. The number of hydrogen-bond acceptors (Lipinski definition) is 2. The highest BCUT2D eigenvalue weighted by Gasteiger charge is 2.50. The molecule has 98 valence electrons. The molecule has 2 atom stereocenters. The molecule has 0 aromatic rings. The molecule has 0 saturated heterocycles. The van der Waals surface area contributed by atoms with Crippen molar-refractivity contribution in [3.8, 4) is 0 Å². The van der Waals surface area contributed by atoms with E-state index in [-0.39, 0.29) is 17.0 Å². The standard InChI is InChI=1S/C15H26O2/c1-7-8-15(17-13(16)11(2)3)10-14(5,6)9-12(15)4/h12H,2,7-10H2,1,3-6H3. The topological polar surface area (TPSA) is 26.3 Å². The molecule has 1 fully saturated rings. The van der Waals surface area contributed by atoms with Gasteiger partial charge in [-0.1, -0.05) is 40.7 Å². The first kappa shape index (κ1) is 14.3. The van der Waals surface area contributed by atoms with E-state index in [1.807, 2.05) is 0 Å². The van der Waals surface area contributed by atoms with Crippen LogP contribution in [0.25, 0.3) is 0 Å². The van der Waals surface area contributed by atoms with Crippen LogP contribution in [0.4, 0.5) is 0 Å². The maximum atomic E-state index is 11.8. The van der Waals surface area contributed by atoms with Crippen LogP contribution in [-0.2, 0) is 9.53 Å². The third-order valence-electron chi connectivity index (χ3n) is 3.85. The second kappa shape index (κ2) is 4.83. The Morgan fingerprint density at radius 3 is 2.41 bits per heavy atom. The average molecular weight is 238 g/mol. The SMILES string of the molecule is C=C(C)C(=O)OC1(CCC)CC(C)(C)CC1C. The summed E-state index contributed by atoms with van der Waals surface area (Å²) < 4.78 is 5.81. The van der Waals surface area contributed by atoms with Gasteiger partial charge in [0.2, 0.25) is 0 Å². The summed E-state index contributed by atoms with van der Waals surface area (Å²) in [6.45, 7) is 14.3. The Balaban J connectivity index is 2.90. The molecule has 1 aliphatic rings. The van der Waals surface area contributed by atoms with Crippen molar-refractivity contribution >= 4 is 5.97 Å². The summed E-state index contributed by atoms with van der Waals surface area (Å²) >= 11 is 0. The fourth-order valence-corrected chi connectivity index (χ4v) is 3.29. The van der Waals surface area contributed by atoms with Crippen molar-refractivity contribution in [1.29, 1.82) is 0 Å². The third kappa shape index (κ3) is 3.11. The lowest BCUT2D eigenvalue weighted by atomic mass is 9.85. The number of ether oxygens (including phenoxy) is 1. The molecule has 0 aromatic carbocycles. The van der Waals surface area contributed by atoms with E-state index in [4.69, 9.17) is 4.74 Å². The van der Waals surface area contributed by atoms with E-state index in [0.717, 1.165) is 25.7 Å². The molecule has 1 saturated carbocycles. The molecule has 2 unspecified atom stereocenters. The molecule has 0 bridgehead atoms. The fourth-order valence-electron chi connectivity index (χ4n) is 3.29. The summed E-state index contributed by atoms with van der Waals surface area (Å²) in [5, 5.41) is 0. The first-order valence-electron chi connectivity index (χ1n) is 6.61. The van der Waals surface area contributed by atoms with Crippen LogP contribution in [0.15, 0.2) is 12.2 Å². The summed E-state index contributed by atoms with van der Waals surface area (Å²) in [4.78, 5) is 11.8. The minimum Gasteiger partial charge on any atom is -0.455 e. The van der Waals surface area contributed by atoms with Crippen LogP contribution >= 0.6 is 0 Å². The Morgan fingerprint density at radius 1 is 1.47 bits per heavy atom. The van der Waals surface area contributed by atoms with Gasteiger partial charge in [0.15, 0.2) is 0 Å². The zero-order chi connectivity index (χ0) is 13.3. The summed E-state index contributed by atoms with van der Waals surface area (Å²) in [5.74, 6) is 0.198. The minimum absolute atomic E-state index is 0.233. The third-order valence-corrected chi connectivity index (χ3v) is 3.85. The van der Waals surface area contributed by atoms with E-state index in [9.17, 15) is 4.79 Å². The largest absolute Gasteiger partial charge is 0.455 e. The van der Waals surface area contributed by atoms with Crippen molar-refractivity contribution in [3.63, 3.8) is 0 Å². The van der Waals surface area contributed by atoms with E-state index in [2.05, 4.69) is 34.3 Å². The van der Waals surface area contributed by atoms with Crippen LogP contribution in [0, 0.1) is 11.3 Å². The Labute approximate surface area is 105 Å². The number of hydrogen-bond donors (Lipinski definition) is 0. The maximum Gasteiger partial charge on any atom is 0.333 e. The van der Waals surface area contributed by atoms with Crippen LogP contribution in [-0.4, -0.2) is 11.6 Å². The van der Waals surface area contributed by atoms with Crippen LogP contribution in [0.3, 0.4) is 0 Å². The molecule has 2 heteroatoms. The van der Waals surface area contributed by atoms with Gasteiger partial charge < -0.3 is 4.74 Å². The highest BCUT2D eigenvalue weighted by atomic mass is 16.6. The van der Waals surface area contributed by atoms with Gasteiger partial charge in [-0.3, -0.25) is 0 Å². The monoisotopic (exact) mass is 238 g/mol. The van der Waals surface area contributed by atoms with E-state index >= 15 is 0 Å². The predicted molar refractivity (Wildman–Crippen MR) is 70.7 cm³/mol. The summed E-state index contributed by atoms with van der Waals surface area (Å²) in [5.41, 5.74) is 0.496. The molecule has 0 spiro atoms. The molecule has 1 aliphatic carbocycles. The smallest absolute Gasteiger partial charge is 0.333 e. The van der Waals surface area contributed by atoms with Crippen LogP contribution in [0.1, 0.15) is 60.3 Å². The van der Waals surface area contributed by atoms with Gasteiger partial charge >= 0.3 is 5.97 Å². The number of carbonyl (C=O) groups is 1. The first-order valence-corrected chi connectivity index (χ1v) is 6.61. The molecule has 0 aromatic heterocycles. The fraction of sp³-hybridized carbons (Fsp3) is 0.800.